The Kier molecular flexibility index (Phi) is 5.22. The first kappa shape index (κ1) is 14.6. The third-order valence-corrected chi connectivity index (χ3v) is 2.19. The Morgan fingerprint density at radius 2 is 2.22 bits per heavy atom. The summed E-state index contributed by atoms with van der Waals surface area (Å²) in [7, 11) is 1.62. The fraction of sp³-hybridized carbons (Fsp3) is 0.615. The van der Waals surface area contributed by atoms with Crippen LogP contribution in [0, 0.1) is 0 Å². The number of ether oxygens (including phenoxy) is 2. The SMILES string of the molecule is COCC[C@@H](NC(=O)OC(C)(C)C)c1ccco1. The minimum absolute atomic E-state index is 0.241. The van der Waals surface area contributed by atoms with E-state index in [4.69, 9.17) is 13.9 Å². The fourth-order valence-corrected chi connectivity index (χ4v) is 1.46. The lowest BCUT2D eigenvalue weighted by molar-refractivity contribution is 0.0484. The highest BCUT2D eigenvalue weighted by atomic mass is 16.6. The van der Waals surface area contributed by atoms with E-state index in [0.29, 0.717) is 18.8 Å². The van der Waals surface area contributed by atoms with Gasteiger partial charge in [-0.25, -0.2) is 4.79 Å². The standard InChI is InChI=1S/C13H21NO4/c1-13(2,3)18-12(15)14-10(7-9-16-4)11-6-5-8-17-11/h5-6,8,10H,7,9H2,1-4H3,(H,14,15)/t10-/m1/s1. The van der Waals surface area contributed by atoms with E-state index in [9.17, 15) is 4.79 Å². The first-order valence-electron chi connectivity index (χ1n) is 5.94. The summed E-state index contributed by atoms with van der Waals surface area (Å²) in [5, 5.41) is 2.78. The molecular weight excluding hydrogens is 234 g/mol. The molecule has 0 bridgehead atoms. The second kappa shape index (κ2) is 6.44. The monoisotopic (exact) mass is 255 g/mol. The molecule has 1 aromatic rings. The van der Waals surface area contributed by atoms with E-state index in [-0.39, 0.29) is 6.04 Å². The van der Waals surface area contributed by atoms with E-state index in [1.54, 1.807) is 19.4 Å². The van der Waals surface area contributed by atoms with E-state index in [2.05, 4.69) is 5.32 Å². The molecular formula is C13H21NO4. The van der Waals surface area contributed by atoms with Crippen molar-refractivity contribution in [1.82, 2.24) is 5.32 Å². The molecule has 0 spiro atoms. The predicted molar refractivity (Wildman–Crippen MR) is 67.3 cm³/mol. The molecule has 0 saturated heterocycles. The number of hydrogen-bond donors (Lipinski definition) is 1. The van der Waals surface area contributed by atoms with E-state index in [1.165, 1.54) is 0 Å². The molecule has 0 aliphatic carbocycles. The number of carbonyl (C=O) groups excluding carboxylic acids is 1. The van der Waals surface area contributed by atoms with Gasteiger partial charge in [-0.05, 0) is 39.3 Å². The predicted octanol–water partition coefficient (Wildman–Crippen LogP) is 2.88. The van der Waals surface area contributed by atoms with Crippen LogP contribution in [0.1, 0.15) is 39.0 Å². The van der Waals surface area contributed by atoms with E-state index < -0.39 is 11.7 Å². The average molecular weight is 255 g/mol. The topological polar surface area (TPSA) is 60.7 Å². The van der Waals surface area contributed by atoms with Crippen molar-refractivity contribution < 1.29 is 18.7 Å². The minimum Gasteiger partial charge on any atom is -0.467 e. The third-order valence-electron chi connectivity index (χ3n) is 2.19. The van der Waals surface area contributed by atoms with E-state index in [1.807, 2.05) is 26.8 Å². The van der Waals surface area contributed by atoms with Crippen molar-refractivity contribution in [3.05, 3.63) is 24.2 Å². The van der Waals surface area contributed by atoms with Gasteiger partial charge in [0, 0.05) is 13.7 Å². The van der Waals surface area contributed by atoms with Crippen molar-refractivity contribution in [2.45, 2.75) is 38.8 Å². The Morgan fingerprint density at radius 1 is 1.50 bits per heavy atom. The number of furan rings is 1. The largest absolute Gasteiger partial charge is 0.467 e. The molecule has 0 aliphatic rings. The lowest BCUT2D eigenvalue weighted by atomic mass is 10.1. The molecule has 0 radical (unpaired) electrons. The summed E-state index contributed by atoms with van der Waals surface area (Å²) >= 11 is 0. The van der Waals surface area contributed by atoms with Crippen molar-refractivity contribution >= 4 is 6.09 Å². The molecule has 0 unspecified atom stereocenters. The molecule has 0 fully saturated rings. The Morgan fingerprint density at radius 3 is 2.72 bits per heavy atom. The maximum absolute atomic E-state index is 11.7. The smallest absolute Gasteiger partial charge is 0.408 e. The first-order valence-corrected chi connectivity index (χ1v) is 5.94. The molecule has 18 heavy (non-hydrogen) atoms. The van der Waals surface area contributed by atoms with Crippen molar-refractivity contribution in [2.75, 3.05) is 13.7 Å². The number of hydrogen-bond acceptors (Lipinski definition) is 4. The van der Waals surface area contributed by atoms with E-state index >= 15 is 0 Å². The lowest BCUT2D eigenvalue weighted by Crippen LogP contribution is -2.35. The number of amides is 1. The van der Waals surface area contributed by atoms with Gasteiger partial charge in [-0.15, -0.1) is 0 Å². The second-order valence-electron chi connectivity index (χ2n) is 5.00. The second-order valence-corrected chi connectivity index (χ2v) is 5.00. The zero-order valence-corrected chi connectivity index (χ0v) is 11.4. The van der Waals surface area contributed by atoms with Gasteiger partial charge in [0.1, 0.15) is 11.4 Å². The summed E-state index contributed by atoms with van der Waals surface area (Å²) in [6.07, 6.45) is 1.75. The molecule has 1 N–H and O–H groups in total. The van der Waals surface area contributed by atoms with E-state index in [0.717, 1.165) is 0 Å². The van der Waals surface area contributed by atoms with Crippen LogP contribution < -0.4 is 5.32 Å². The van der Waals surface area contributed by atoms with Crippen LogP contribution >= 0.6 is 0 Å². The number of carbonyl (C=O) groups is 1. The molecule has 0 aliphatic heterocycles. The molecule has 1 aromatic heterocycles. The molecule has 1 atom stereocenters. The quantitative estimate of drug-likeness (QED) is 0.878. The fourth-order valence-electron chi connectivity index (χ4n) is 1.46. The van der Waals surface area contributed by atoms with Gasteiger partial charge in [0.25, 0.3) is 0 Å². The zero-order valence-electron chi connectivity index (χ0n) is 11.4. The zero-order chi connectivity index (χ0) is 13.6. The Labute approximate surface area is 107 Å². The highest BCUT2D eigenvalue weighted by molar-refractivity contribution is 5.68. The summed E-state index contributed by atoms with van der Waals surface area (Å²) in [4.78, 5) is 11.7. The third kappa shape index (κ3) is 5.23. The van der Waals surface area contributed by atoms with Gasteiger partial charge in [0.05, 0.1) is 12.3 Å². The van der Waals surface area contributed by atoms with Crippen LogP contribution in [0.5, 0.6) is 0 Å². The molecule has 0 aromatic carbocycles. The number of methoxy groups -OCH3 is 1. The molecule has 5 heteroatoms. The first-order chi connectivity index (χ1) is 8.42. The summed E-state index contributed by atoms with van der Waals surface area (Å²) < 4.78 is 15.5. The van der Waals surface area contributed by atoms with Crippen LogP contribution in [0.25, 0.3) is 0 Å². The highest BCUT2D eigenvalue weighted by Crippen LogP contribution is 2.18. The van der Waals surface area contributed by atoms with Crippen molar-refractivity contribution in [2.24, 2.45) is 0 Å². The molecule has 1 heterocycles. The summed E-state index contributed by atoms with van der Waals surface area (Å²) in [6.45, 7) is 6.00. The van der Waals surface area contributed by atoms with Crippen molar-refractivity contribution in [1.29, 1.82) is 0 Å². The summed E-state index contributed by atoms with van der Waals surface area (Å²) in [5.41, 5.74) is -0.515. The lowest BCUT2D eigenvalue weighted by Gasteiger charge is -2.22. The number of rotatable bonds is 5. The summed E-state index contributed by atoms with van der Waals surface area (Å²) in [6, 6.07) is 3.36. The van der Waals surface area contributed by atoms with Gasteiger partial charge in [-0.3, -0.25) is 0 Å². The van der Waals surface area contributed by atoms with Gasteiger partial charge < -0.3 is 19.2 Å². The Balaban J connectivity index is 2.59. The molecule has 1 amide bonds. The molecule has 0 saturated carbocycles. The van der Waals surface area contributed by atoms with Crippen LogP contribution in [0.15, 0.2) is 22.8 Å². The van der Waals surface area contributed by atoms with Gasteiger partial charge in [0.2, 0.25) is 0 Å². The molecule has 1 rings (SSSR count). The Bertz CT molecular complexity index is 354. The molecule has 102 valence electrons. The van der Waals surface area contributed by atoms with Crippen LogP contribution in [0.3, 0.4) is 0 Å². The average Bonchev–Trinajstić information content (AvgIpc) is 2.74. The van der Waals surface area contributed by atoms with Crippen molar-refractivity contribution in [3.63, 3.8) is 0 Å². The van der Waals surface area contributed by atoms with Crippen LogP contribution in [0.4, 0.5) is 4.79 Å². The maximum Gasteiger partial charge on any atom is 0.408 e. The maximum atomic E-state index is 11.7. The van der Waals surface area contributed by atoms with Gasteiger partial charge in [-0.2, -0.15) is 0 Å². The van der Waals surface area contributed by atoms with Gasteiger partial charge >= 0.3 is 6.09 Å². The number of nitrogens with one attached hydrogen (secondary N) is 1. The number of alkyl carbamates (subject to hydrolysis) is 1. The normalized spacial score (nSPS) is 13.1. The van der Waals surface area contributed by atoms with Crippen molar-refractivity contribution in [3.8, 4) is 0 Å². The van der Waals surface area contributed by atoms with Gasteiger partial charge in [-0.1, -0.05) is 0 Å². The molecule has 5 nitrogen and oxygen atoms in total. The van der Waals surface area contributed by atoms with Crippen LogP contribution in [0.2, 0.25) is 0 Å². The summed E-state index contributed by atoms with van der Waals surface area (Å²) in [5.74, 6) is 0.693. The Hall–Kier alpha value is -1.49. The minimum atomic E-state index is -0.515. The van der Waals surface area contributed by atoms with Crippen LogP contribution in [-0.2, 0) is 9.47 Å². The highest BCUT2D eigenvalue weighted by Gasteiger charge is 2.21. The van der Waals surface area contributed by atoms with Crippen LogP contribution in [-0.4, -0.2) is 25.4 Å². The van der Waals surface area contributed by atoms with Gasteiger partial charge in [0.15, 0.2) is 0 Å².